The highest BCUT2D eigenvalue weighted by Gasteiger charge is 2.32. The Morgan fingerprint density at radius 1 is 1.35 bits per heavy atom. The molecule has 0 spiro atoms. The lowest BCUT2D eigenvalue weighted by atomic mass is 10.2. The van der Waals surface area contributed by atoms with Crippen LogP contribution in [0.25, 0.3) is 0 Å². The molecular formula is C13H22O2SSi. The third kappa shape index (κ3) is 3.76. The van der Waals surface area contributed by atoms with Crippen LogP contribution in [0, 0.1) is 0 Å². The first-order valence-corrected chi connectivity index (χ1v) is 9.77. The van der Waals surface area contributed by atoms with E-state index in [1.165, 1.54) is 4.88 Å². The summed E-state index contributed by atoms with van der Waals surface area (Å²) in [5.74, 6) is 0. The number of hydrogen-bond acceptors (Lipinski definition) is 3. The zero-order chi connectivity index (χ0) is 12.7. The van der Waals surface area contributed by atoms with Gasteiger partial charge >= 0.3 is 0 Å². The Hall–Kier alpha value is -0.453. The van der Waals surface area contributed by atoms with E-state index in [0.29, 0.717) is 6.42 Å². The molecule has 2 nitrogen and oxygen atoms in total. The maximum atomic E-state index is 10.8. The molecule has 1 atom stereocenters. The summed E-state index contributed by atoms with van der Waals surface area (Å²) in [6, 6.07) is 7.47. The number of thiophene rings is 1. The normalized spacial score (nSPS) is 13.6. The molecule has 0 radical (unpaired) electrons. The van der Waals surface area contributed by atoms with Crippen molar-refractivity contribution in [1.82, 2.24) is 0 Å². The van der Waals surface area contributed by atoms with Gasteiger partial charge in [0.2, 0.25) is 0 Å². The molecule has 0 aliphatic carbocycles. The van der Waals surface area contributed by atoms with E-state index in [-0.39, 0.29) is 6.10 Å². The van der Waals surface area contributed by atoms with E-state index in [2.05, 4.69) is 26.8 Å². The Morgan fingerprint density at radius 2 is 2.00 bits per heavy atom. The average Bonchev–Trinajstić information content (AvgIpc) is 2.89. The SMILES string of the molecule is CC[Si](CC)(CC)O[C@@H](CC=O)c1cccs1. The van der Waals surface area contributed by atoms with Crippen LogP contribution in [0.2, 0.25) is 18.1 Å². The van der Waals surface area contributed by atoms with Crippen LogP contribution < -0.4 is 0 Å². The van der Waals surface area contributed by atoms with Gasteiger partial charge in [-0.15, -0.1) is 11.3 Å². The van der Waals surface area contributed by atoms with Gasteiger partial charge in [-0.3, -0.25) is 0 Å². The molecule has 1 heterocycles. The minimum atomic E-state index is -1.63. The second kappa shape index (κ2) is 7.09. The molecular weight excluding hydrogens is 248 g/mol. The summed E-state index contributed by atoms with van der Waals surface area (Å²) in [4.78, 5) is 12.0. The molecule has 96 valence electrons. The van der Waals surface area contributed by atoms with Gasteiger partial charge in [0.05, 0.1) is 6.10 Å². The first kappa shape index (κ1) is 14.6. The van der Waals surface area contributed by atoms with Crippen LogP contribution in [0.1, 0.15) is 38.2 Å². The van der Waals surface area contributed by atoms with E-state index in [1.807, 2.05) is 11.4 Å². The molecule has 4 heteroatoms. The number of hydrogen-bond donors (Lipinski definition) is 0. The van der Waals surface area contributed by atoms with Gasteiger partial charge in [-0.05, 0) is 29.6 Å². The molecule has 0 bridgehead atoms. The largest absolute Gasteiger partial charge is 0.409 e. The van der Waals surface area contributed by atoms with Gasteiger partial charge < -0.3 is 9.22 Å². The second-order valence-electron chi connectivity index (χ2n) is 4.27. The van der Waals surface area contributed by atoms with Crippen molar-refractivity contribution in [1.29, 1.82) is 0 Å². The van der Waals surface area contributed by atoms with Crippen molar-refractivity contribution < 1.29 is 9.22 Å². The lowest BCUT2D eigenvalue weighted by Gasteiger charge is -2.32. The van der Waals surface area contributed by atoms with E-state index in [0.717, 1.165) is 24.4 Å². The van der Waals surface area contributed by atoms with Gasteiger partial charge in [-0.25, -0.2) is 0 Å². The standard InChI is InChI=1S/C13H22O2SSi/c1-4-17(5-2,6-3)15-12(9-10-14)13-8-7-11-16-13/h7-8,10-12H,4-6,9H2,1-3H3/t12-/m0/s1. The van der Waals surface area contributed by atoms with Gasteiger partial charge in [-0.2, -0.15) is 0 Å². The van der Waals surface area contributed by atoms with E-state index in [9.17, 15) is 4.79 Å². The Labute approximate surface area is 109 Å². The quantitative estimate of drug-likeness (QED) is 0.517. The summed E-state index contributed by atoms with van der Waals surface area (Å²) in [5.41, 5.74) is 0. The Bertz CT molecular complexity index is 312. The van der Waals surface area contributed by atoms with Crippen molar-refractivity contribution in [3.63, 3.8) is 0 Å². The van der Waals surface area contributed by atoms with Gasteiger partial charge in [0.25, 0.3) is 0 Å². The van der Waals surface area contributed by atoms with Crippen molar-refractivity contribution in [2.75, 3.05) is 0 Å². The summed E-state index contributed by atoms with van der Waals surface area (Å²) < 4.78 is 6.39. The molecule has 1 aromatic heterocycles. The third-order valence-corrected chi connectivity index (χ3v) is 9.11. The van der Waals surface area contributed by atoms with E-state index < -0.39 is 8.32 Å². The lowest BCUT2D eigenvalue weighted by molar-refractivity contribution is -0.109. The summed E-state index contributed by atoms with van der Waals surface area (Å²) in [5, 5.41) is 2.05. The first-order chi connectivity index (χ1) is 8.21. The minimum Gasteiger partial charge on any atom is -0.409 e. The van der Waals surface area contributed by atoms with Crippen LogP contribution in [0.15, 0.2) is 17.5 Å². The molecule has 0 aliphatic rings. The summed E-state index contributed by atoms with van der Waals surface area (Å²) >= 11 is 1.68. The fourth-order valence-corrected chi connectivity index (χ4v) is 5.77. The molecule has 0 N–H and O–H groups in total. The number of carbonyl (C=O) groups excluding carboxylic acids is 1. The van der Waals surface area contributed by atoms with Crippen molar-refractivity contribution in [3.8, 4) is 0 Å². The van der Waals surface area contributed by atoms with Crippen LogP contribution in [0.3, 0.4) is 0 Å². The van der Waals surface area contributed by atoms with Gasteiger partial charge in [0, 0.05) is 11.3 Å². The summed E-state index contributed by atoms with van der Waals surface area (Å²) in [6.07, 6.45) is 1.44. The fraction of sp³-hybridized carbons (Fsp3) is 0.615. The zero-order valence-electron chi connectivity index (χ0n) is 10.9. The van der Waals surface area contributed by atoms with E-state index in [4.69, 9.17) is 4.43 Å². The molecule has 0 saturated heterocycles. The van der Waals surface area contributed by atoms with Gasteiger partial charge in [-0.1, -0.05) is 26.8 Å². The van der Waals surface area contributed by atoms with Crippen molar-refractivity contribution in [3.05, 3.63) is 22.4 Å². The molecule has 0 fully saturated rings. The maximum Gasteiger partial charge on any atom is 0.192 e. The number of aldehydes is 1. The zero-order valence-corrected chi connectivity index (χ0v) is 12.8. The Balaban J connectivity index is 2.82. The maximum absolute atomic E-state index is 10.8. The molecule has 1 aromatic rings. The van der Waals surface area contributed by atoms with Crippen LogP contribution in [0.4, 0.5) is 0 Å². The highest BCUT2D eigenvalue weighted by molar-refractivity contribution is 7.10. The monoisotopic (exact) mass is 270 g/mol. The van der Waals surface area contributed by atoms with E-state index in [1.54, 1.807) is 11.3 Å². The topological polar surface area (TPSA) is 26.3 Å². The second-order valence-corrected chi connectivity index (χ2v) is 9.97. The molecule has 0 aromatic carbocycles. The Kier molecular flexibility index (Phi) is 6.09. The predicted molar refractivity (Wildman–Crippen MR) is 76.0 cm³/mol. The first-order valence-electron chi connectivity index (χ1n) is 6.36. The van der Waals surface area contributed by atoms with Crippen LogP contribution in [0.5, 0.6) is 0 Å². The predicted octanol–water partition coefficient (Wildman–Crippen LogP) is 4.40. The van der Waals surface area contributed by atoms with Crippen molar-refractivity contribution in [2.45, 2.75) is 51.4 Å². The molecule has 17 heavy (non-hydrogen) atoms. The van der Waals surface area contributed by atoms with E-state index >= 15 is 0 Å². The molecule has 0 aliphatic heterocycles. The van der Waals surface area contributed by atoms with Crippen LogP contribution in [-0.4, -0.2) is 14.6 Å². The molecule has 0 saturated carbocycles. The molecule has 1 rings (SSSR count). The van der Waals surface area contributed by atoms with Crippen LogP contribution in [-0.2, 0) is 9.22 Å². The Morgan fingerprint density at radius 3 is 2.41 bits per heavy atom. The number of carbonyl (C=O) groups is 1. The van der Waals surface area contributed by atoms with Crippen LogP contribution >= 0.6 is 11.3 Å². The average molecular weight is 270 g/mol. The van der Waals surface area contributed by atoms with Crippen molar-refractivity contribution in [2.24, 2.45) is 0 Å². The fourth-order valence-electron chi connectivity index (χ4n) is 2.09. The van der Waals surface area contributed by atoms with Crippen molar-refractivity contribution >= 4 is 25.9 Å². The lowest BCUT2D eigenvalue weighted by Crippen LogP contribution is -2.37. The smallest absolute Gasteiger partial charge is 0.192 e. The third-order valence-electron chi connectivity index (χ3n) is 3.50. The van der Waals surface area contributed by atoms with Gasteiger partial charge in [0.15, 0.2) is 8.32 Å². The highest BCUT2D eigenvalue weighted by Crippen LogP contribution is 2.33. The number of rotatable bonds is 8. The minimum absolute atomic E-state index is 0.0148. The summed E-state index contributed by atoms with van der Waals surface area (Å²) in [7, 11) is -1.63. The molecule has 0 amide bonds. The molecule has 0 unspecified atom stereocenters. The van der Waals surface area contributed by atoms with Gasteiger partial charge in [0.1, 0.15) is 6.29 Å². The summed E-state index contributed by atoms with van der Waals surface area (Å²) in [6.45, 7) is 6.64. The highest BCUT2D eigenvalue weighted by atomic mass is 32.1.